The molecule has 2 rings (SSSR count). The Morgan fingerprint density at radius 1 is 1.37 bits per heavy atom. The van der Waals surface area contributed by atoms with Crippen LogP contribution in [-0.4, -0.2) is 48.1 Å². The summed E-state index contributed by atoms with van der Waals surface area (Å²) in [4.78, 5) is 11.3. The van der Waals surface area contributed by atoms with Gasteiger partial charge in [-0.1, -0.05) is 11.8 Å². The topological polar surface area (TPSA) is 50.3 Å². The third kappa shape index (κ3) is 3.73. The Morgan fingerprint density at radius 2 is 2.05 bits per heavy atom. The molecule has 0 amide bonds. The summed E-state index contributed by atoms with van der Waals surface area (Å²) in [6.45, 7) is 8.89. The van der Waals surface area contributed by atoms with E-state index in [0.29, 0.717) is 0 Å². The first-order valence-corrected chi connectivity index (χ1v) is 7.92. The molecule has 19 heavy (non-hydrogen) atoms. The van der Waals surface area contributed by atoms with Crippen molar-refractivity contribution in [1.82, 2.24) is 9.97 Å². The first-order chi connectivity index (χ1) is 9.12. The Morgan fingerprint density at radius 3 is 2.63 bits per heavy atom. The molecule has 2 atom stereocenters. The Kier molecular flexibility index (Phi) is 4.87. The lowest BCUT2D eigenvalue weighted by Gasteiger charge is -2.36. The molecule has 1 N–H and O–H groups in total. The standard InChI is InChI=1S/C13H22N4OS/c1-5-14-11-6-12(16-13(15-11)19-4)17-7-9(2)18-10(3)8-17/h6,9-10H,5,7-8H2,1-4H3,(H,14,15,16)/t9-,10+. The lowest BCUT2D eigenvalue weighted by atomic mass is 10.2. The van der Waals surface area contributed by atoms with Crippen LogP contribution >= 0.6 is 11.8 Å². The molecule has 6 heteroatoms. The number of thioether (sulfide) groups is 1. The average Bonchev–Trinajstić information content (AvgIpc) is 2.37. The molecule has 1 saturated heterocycles. The molecule has 106 valence electrons. The lowest BCUT2D eigenvalue weighted by molar-refractivity contribution is -0.00549. The molecule has 0 aromatic carbocycles. The minimum atomic E-state index is 0.235. The van der Waals surface area contributed by atoms with Crippen LogP contribution in [0.25, 0.3) is 0 Å². The molecule has 0 saturated carbocycles. The van der Waals surface area contributed by atoms with Crippen molar-refractivity contribution in [2.24, 2.45) is 0 Å². The van der Waals surface area contributed by atoms with Crippen molar-refractivity contribution in [1.29, 1.82) is 0 Å². The fraction of sp³-hybridized carbons (Fsp3) is 0.692. The molecule has 0 bridgehead atoms. The number of hydrogen-bond donors (Lipinski definition) is 1. The molecular weight excluding hydrogens is 260 g/mol. The summed E-state index contributed by atoms with van der Waals surface area (Å²) in [6, 6.07) is 2.02. The van der Waals surface area contributed by atoms with Crippen molar-refractivity contribution in [3.8, 4) is 0 Å². The Balaban J connectivity index is 2.24. The summed E-state index contributed by atoms with van der Waals surface area (Å²) in [5.74, 6) is 1.88. The van der Waals surface area contributed by atoms with Gasteiger partial charge in [-0.2, -0.15) is 0 Å². The fourth-order valence-electron chi connectivity index (χ4n) is 2.30. The monoisotopic (exact) mass is 282 g/mol. The summed E-state index contributed by atoms with van der Waals surface area (Å²) >= 11 is 1.57. The number of hydrogen-bond acceptors (Lipinski definition) is 6. The van der Waals surface area contributed by atoms with Crippen LogP contribution in [0, 0.1) is 0 Å². The zero-order chi connectivity index (χ0) is 13.8. The van der Waals surface area contributed by atoms with E-state index in [1.807, 2.05) is 12.3 Å². The van der Waals surface area contributed by atoms with E-state index >= 15 is 0 Å². The molecule has 2 heterocycles. The Bertz CT molecular complexity index is 419. The van der Waals surface area contributed by atoms with Crippen LogP contribution in [0.2, 0.25) is 0 Å². The molecule has 0 radical (unpaired) electrons. The van der Waals surface area contributed by atoms with Crippen molar-refractivity contribution in [2.45, 2.75) is 38.1 Å². The number of rotatable bonds is 4. The van der Waals surface area contributed by atoms with Gasteiger partial charge in [0.15, 0.2) is 5.16 Å². The third-order valence-corrected chi connectivity index (χ3v) is 3.52. The van der Waals surface area contributed by atoms with Gasteiger partial charge in [-0.25, -0.2) is 9.97 Å². The number of anilines is 2. The highest BCUT2D eigenvalue weighted by Crippen LogP contribution is 2.23. The summed E-state index contributed by atoms with van der Waals surface area (Å²) in [5, 5.41) is 4.07. The number of nitrogens with zero attached hydrogens (tertiary/aromatic N) is 3. The predicted molar refractivity (Wildman–Crippen MR) is 80.2 cm³/mol. The zero-order valence-electron chi connectivity index (χ0n) is 12.0. The normalized spacial score (nSPS) is 23.5. The van der Waals surface area contributed by atoms with E-state index in [1.165, 1.54) is 0 Å². The Labute approximate surface area is 119 Å². The highest BCUT2D eigenvalue weighted by Gasteiger charge is 2.23. The molecule has 1 aromatic heterocycles. The summed E-state index contributed by atoms with van der Waals surface area (Å²) in [6.07, 6.45) is 2.47. The van der Waals surface area contributed by atoms with Crippen LogP contribution in [0.3, 0.4) is 0 Å². The molecule has 1 fully saturated rings. The average molecular weight is 282 g/mol. The minimum Gasteiger partial charge on any atom is -0.372 e. The molecule has 1 aliphatic rings. The van der Waals surface area contributed by atoms with Gasteiger partial charge in [-0.15, -0.1) is 0 Å². The van der Waals surface area contributed by atoms with Gasteiger partial charge in [0.25, 0.3) is 0 Å². The van der Waals surface area contributed by atoms with Crippen LogP contribution in [0.1, 0.15) is 20.8 Å². The zero-order valence-corrected chi connectivity index (χ0v) is 12.8. The highest BCUT2D eigenvalue weighted by atomic mass is 32.2. The number of aromatic nitrogens is 2. The molecule has 5 nitrogen and oxygen atoms in total. The van der Waals surface area contributed by atoms with Gasteiger partial charge >= 0.3 is 0 Å². The summed E-state index contributed by atoms with van der Waals surface area (Å²) < 4.78 is 5.77. The predicted octanol–water partition coefficient (Wildman–Crippen LogP) is 2.24. The van der Waals surface area contributed by atoms with Crippen molar-refractivity contribution < 1.29 is 4.74 Å². The molecule has 0 spiro atoms. The molecular formula is C13H22N4OS. The molecule has 1 aliphatic heterocycles. The van der Waals surface area contributed by atoms with E-state index in [1.54, 1.807) is 11.8 Å². The second-order valence-electron chi connectivity index (χ2n) is 4.79. The van der Waals surface area contributed by atoms with Crippen molar-refractivity contribution in [3.63, 3.8) is 0 Å². The van der Waals surface area contributed by atoms with Crippen LogP contribution < -0.4 is 10.2 Å². The van der Waals surface area contributed by atoms with Crippen LogP contribution in [0.5, 0.6) is 0 Å². The van der Waals surface area contributed by atoms with Gasteiger partial charge in [0, 0.05) is 25.7 Å². The van der Waals surface area contributed by atoms with E-state index in [4.69, 9.17) is 4.74 Å². The maximum atomic E-state index is 5.77. The van der Waals surface area contributed by atoms with E-state index in [0.717, 1.165) is 36.4 Å². The van der Waals surface area contributed by atoms with Gasteiger partial charge in [-0.3, -0.25) is 0 Å². The smallest absolute Gasteiger partial charge is 0.191 e. The fourth-order valence-corrected chi connectivity index (χ4v) is 2.68. The minimum absolute atomic E-state index is 0.235. The second-order valence-corrected chi connectivity index (χ2v) is 5.56. The second kappa shape index (κ2) is 6.43. The van der Waals surface area contributed by atoms with Crippen molar-refractivity contribution in [3.05, 3.63) is 6.07 Å². The molecule has 0 unspecified atom stereocenters. The SMILES string of the molecule is CCNc1cc(N2C[C@@H](C)O[C@@H](C)C2)nc(SC)n1. The van der Waals surface area contributed by atoms with Crippen LogP contribution in [0.4, 0.5) is 11.6 Å². The number of ether oxygens (including phenoxy) is 1. The first kappa shape index (κ1) is 14.4. The van der Waals surface area contributed by atoms with Crippen molar-refractivity contribution >= 4 is 23.4 Å². The molecule has 1 aromatic rings. The highest BCUT2D eigenvalue weighted by molar-refractivity contribution is 7.98. The lowest BCUT2D eigenvalue weighted by Crippen LogP contribution is -2.45. The maximum absolute atomic E-state index is 5.77. The van der Waals surface area contributed by atoms with Gasteiger partial charge in [0.2, 0.25) is 0 Å². The van der Waals surface area contributed by atoms with E-state index in [2.05, 4.69) is 41.0 Å². The quantitative estimate of drug-likeness (QED) is 0.675. The number of morpholine rings is 1. The van der Waals surface area contributed by atoms with Gasteiger partial charge in [0.1, 0.15) is 11.6 Å². The van der Waals surface area contributed by atoms with Crippen LogP contribution in [0.15, 0.2) is 11.2 Å². The van der Waals surface area contributed by atoms with Crippen LogP contribution in [-0.2, 0) is 4.74 Å². The summed E-state index contributed by atoms with van der Waals surface area (Å²) in [7, 11) is 0. The number of nitrogens with one attached hydrogen (secondary N) is 1. The third-order valence-electron chi connectivity index (χ3n) is 2.98. The largest absolute Gasteiger partial charge is 0.372 e. The molecule has 0 aliphatic carbocycles. The van der Waals surface area contributed by atoms with Gasteiger partial charge in [0.05, 0.1) is 12.2 Å². The maximum Gasteiger partial charge on any atom is 0.191 e. The van der Waals surface area contributed by atoms with Gasteiger partial charge < -0.3 is 15.0 Å². The summed E-state index contributed by atoms with van der Waals surface area (Å²) in [5.41, 5.74) is 0. The van der Waals surface area contributed by atoms with E-state index in [-0.39, 0.29) is 12.2 Å². The van der Waals surface area contributed by atoms with E-state index in [9.17, 15) is 0 Å². The Hall–Kier alpha value is -1.01. The van der Waals surface area contributed by atoms with Crippen molar-refractivity contribution in [2.75, 3.05) is 36.1 Å². The van der Waals surface area contributed by atoms with E-state index < -0.39 is 0 Å². The first-order valence-electron chi connectivity index (χ1n) is 6.69. The van der Waals surface area contributed by atoms with Gasteiger partial charge in [-0.05, 0) is 27.0 Å².